The minimum atomic E-state index is -0.560. The maximum Gasteiger partial charge on any atom is 0.311 e. The molecule has 0 unspecified atom stereocenters. The van der Waals surface area contributed by atoms with E-state index in [-0.39, 0.29) is 43.0 Å². The van der Waals surface area contributed by atoms with Crippen LogP contribution in [0, 0.1) is 11.7 Å². The first-order valence-electron chi connectivity index (χ1n) is 9.23. The highest BCUT2D eigenvalue weighted by molar-refractivity contribution is 7.98. The second-order valence-electron chi connectivity index (χ2n) is 6.73. The fourth-order valence-electron chi connectivity index (χ4n) is 3.17. The van der Waals surface area contributed by atoms with Crippen molar-refractivity contribution >= 4 is 29.3 Å². The molecule has 7 nitrogen and oxygen atoms in total. The van der Waals surface area contributed by atoms with Gasteiger partial charge in [0.15, 0.2) is 6.61 Å². The number of hydrogen-bond donors (Lipinski definition) is 0. The number of carbonyl (C=O) groups is 2. The number of rotatable bonds is 6. The lowest BCUT2D eigenvalue weighted by Gasteiger charge is -2.17. The molecule has 0 radical (unpaired) electrons. The number of benzene rings is 2. The van der Waals surface area contributed by atoms with Crippen LogP contribution in [0.1, 0.15) is 12.3 Å². The van der Waals surface area contributed by atoms with Crippen molar-refractivity contribution in [3.8, 4) is 11.4 Å². The first-order chi connectivity index (χ1) is 14.5. The van der Waals surface area contributed by atoms with Crippen molar-refractivity contribution in [2.24, 2.45) is 5.92 Å². The zero-order valence-electron chi connectivity index (χ0n) is 16.1. The van der Waals surface area contributed by atoms with Crippen molar-refractivity contribution in [3.63, 3.8) is 0 Å². The molecule has 2 heterocycles. The highest BCUT2D eigenvalue weighted by Gasteiger charge is 2.36. The van der Waals surface area contributed by atoms with Gasteiger partial charge in [0.1, 0.15) is 5.82 Å². The Morgan fingerprint density at radius 1 is 1.30 bits per heavy atom. The molecule has 0 spiro atoms. The number of halogens is 1. The van der Waals surface area contributed by atoms with E-state index in [4.69, 9.17) is 9.26 Å². The van der Waals surface area contributed by atoms with E-state index >= 15 is 0 Å². The molecular formula is C21H18FN3O4S. The third-order valence-electron chi connectivity index (χ3n) is 4.73. The van der Waals surface area contributed by atoms with E-state index in [1.165, 1.54) is 24.3 Å². The number of esters is 1. The Bertz CT molecular complexity index is 1070. The van der Waals surface area contributed by atoms with Gasteiger partial charge < -0.3 is 14.2 Å². The van der Waals surface area contributed by atoms with E-state index in [1.807, 2.05) is 30.5 Å². The van der Waals surface area contributed by atoms with Gasteiger partial charge in [0.05, 0.1) is 5.92 Å². The minimum Gasteiger partial charge on any atom is -0.455 e. The Kier molecular flexibility index (Phi) is 5.80. The van der Waals surface area contributed by atoms with Gasteiger partial charge in [0.2, 0.25) is 11.7 Å². The van der Waals surface area contributed by atoms with Crippen molar-refractivity contribution in [2.45, 2.75) is 17.9 Å². The Labute approximate surface area is 176 Å². The van der Waals surface area contributed by atoms with Gasteiger partial charge >= 0.3 is 5.97 Å². The number of anilines is 1. The monoisotopic (exact) mass is 427 g/mol. The van der Waals surface area contributed by atoms with E-state index in [1.54, 1.807) is 16.7 Å². The van der Waals surface area contributed by atoms with Crippen LogP contribution in [0.4, 0.5) is 10.1 Å². The lowest BCUT2D eigenvalue weighted by molar-refractivity contribution is -0.150. The van der Waals surface area contributed by atoms with Crippen LogP contribution in [0.5, 0.6) is 0 Å². The molecule has 1 aromatic heterocycles. The molecular weight excluding hydrogens is 409 g/mol. The van der Waals surface area contributed by atoms with Crippen molar-refractivity contribution in [1.82, 2.24) is 10.1 Å². The fourth-order valence-corrected chi connectivity index (χ4v) is 3.63. The first-order valence-corrected chi connectivity index (χ1v) is 10.5. The Balaban J connectivity index is 1.35. The summed E-state index contributed by atoms with van der Waals surface area (Å²) >= 11 is 1.59. The fraction of sp³-hybridized carbons (Fsp3) is 0.238. The van der Waals surface area contributed by atoms with E-state index in [0.717, 1.165) is 10.6 Å². The molecule has 1 fully saturated rings. The van der Waals surface area contributed by atoms with Gasteiger partial charge in [0.25, 0.3) is 5.89 Å². The molecule has 9 heteroatoms. The molecule has 0 saturated carbocycles. The van der Waals surface area contributed by atoms with Crippen LogP contribution < -0.4 is 4.90 Å². The third kappa shape index (κ3) is 4.35. The number of thioether (sulfide) groups is 1. The van der Waals surface area contributed by atoms with Gasteiger partial charge in [-0.1, -0.05) is 11.2 Å². The van der Waals surface area contributed by atoms with E-state index in [0.29, 0.717) is 5.56 Å². The predicted molar refractivity (Wildman–Crippen MR) is 108 cm³/mol. The second kappa shape index (κ2) is 8.66. The largest absolute Gasteiger partial charge is 0.455 e. The summed E-state index contributed by atoms with van der Waals surface area (Å²) in [7, 11) is 0. The summed E-state index contributed by atoms with van der Waals surface area (Å²) in [4.78, 5) is 31.6. The average Bonchev–Trinajstić information content (AvgIpc) is 3.39. The van der Waals surface area contributed by atoms with Crippen LogP contribution in [-0.2, 0) is 20.9 Å². The van der Waals surface area contributed by atoms with Crippen LogP contribution in [0.3, 0.4) is 0 Å². The normalized spacial score (nSPS) is 16.1. The molecule has 1 amide bonds. The quantitative estimate of drug-likeness (QED) is 0.438. The number of hydrogen-bond acceptors (Lipinski definition) is 7. The lowest BCUT2D eigenvalue weighted by Crippen LogP contribution is -2.26. The molecule has 1 atom stereocenters. The van der Waals surface area contributed by atoms with Crippen molar-refractivity contribution in [1.29, 1.82) is 0 Å². The van der Waals surface area contributed by atoms with Gasteiger partial charge in [-0.05, 0) is 48.7 Å². The van der Waals surface area contributed by atoms with Gasteiger partial charge in [-0.3, -0.25) is 9.59 Å². The zero-order valence-corrected chi connectivity index (χ0v) is 16.9. The maximum atomic E-state index is 13.0. The predicted octanol–water partition coefficient (Wildman–Crippen LogP) is 3.69. The Morgan fingerprint density at radius 2 is 2.10 bits per heavy atom. The standard InChI is InChI=1S/C21H18FN3O4S/c1-30-17-4-2-3-16(10-17)25-11-14(9-19(25)26)21(27)28-12-18-23-20(24-29-18)13-5-7-15(22)8-6-13/h2-8,10,14H,9,11-12H2,1H3/t14-/m1/s1. The molecule has 4 rings (SSSR count). The van der Waals surface area contributed by atoms with Gasteiger partial charge in [-0.15, -0.1) is 11.8 Å². The SMILES string of the molecule is CSc1cccc(N2C[C@H](C(=O)OCc3nc(-c4ccc(F)cc4)no3)CC2=O)c1. The number of aromatic nitrogens is 2. The first kappa shape index (κ1) is 20.1. The zero-order chi connectivity index (χ0) is 21.1. The van der Waals surface area contributed by atoms with E-state index < -0.39 is 11.9 Å². The van der Waals surface area contributed by atoms with Crippen LogP contribution in [0.2, 0.25) is 0 Å². The smallest absolute Gasteiger partial charge is 0.311 e. The molecule has 30 heavy (non-hydrogen) atoms. The number of carbonyl (C=O) groups excluding carboxylic acids is 2. The summed E-state index contributed by atoms with van der Waals surface area (Å²) < 4.78 is 23.4. The summed E-state index contributed by atoms with van der Waals surface area (Å²) in [6.07, 6.45) is 2.05. The van der Waals surface area contributed by atoms with Crippen molar-refractivity contribution in [3.05, 3.63) is 60.2 Å². The Morgan fingerprint density at radius 3 is 2.87 bits per heavy atom. The average molecular weight is 427 g/mol. The van der Waals surface area contributed by atoms with Crippen LogP contribution >= 0.6 is 11.8 Å². The van der Waals surface area contributed by atoms with Crippen molar-refractivity contribution in [2.75, 3.05) is 17.7 Å². The highest BCUT2D eigenvalue weighted by atomic mass is 32.2. The van der Waals surface area contributed by atoms with Gasteiger partial charge in [-0.2, -0.15) is 4.98 Å². The number of nitrogens with zero attached hydrogens (tertiary/aromatic N) is 3. The van der Waals surface area contributed by atoms with E-state index in [9.17, 15) is 14.0 Å². The lowest BCUT2D eigenvalue weighted by atomic mass is 10.1. The van der Waals surface area contributed by atoms with Gasteiger partial charge in [0, 0.05) is 29.1 Å². The third-order valence-corrected chi connectivity index (χ3v) is 5.46. The maximum absolute atomic E-state index is 13.0. The summed E-state index contributed by atoms with van der Waals surface area (Å²) in [6, 6.07) is 13.3. The molecule has 2 aromatic carbocycles. The minimum absolute atomic E-state index is 0.0903. The number of amides is 1. The second-order valence-corrected chi connectivity index (χ2v) is 7.61. The topological polar surface area (TPSA) is 85.5 Å². The molecule has 154 valence electrons. The molecule has 3 aromatic rings. The molecule has 0 aliphatic carbocycles. The van der Waals surface area contributed by atoms with E-state index in [2.05, 4.69) is 10.1 Å². The number of ether oxygens (including phenoxy) is 1. The summed E-state index contributed by atoms with van der Waals surface area (Å²) in [6.45, 7) is 0.0693. The molecule has 1 aliphatic rings. The molecule has 0 bridgehead atoms. The Hall–Kier alpha value is -3.20. The molecule has 0 N–H and O–H groups in total. The molecule has 1 saturated heterocycles. The highest BCUT2D eigenvalue weighted by Crippen LogP contribution is 2.29. The summed E-state index contributed by atoms with van der Waals surface area (Å²) in [5.74, 6) is -1.14. The van der Waals surface area contributed by atoms with Crippen molar-refractivity contribution < 1.29 is 23.2 Å². The molecule has 1 aliphatic heterocycles. The summed E-state index contributed by atoms with van der Waals surface area (Å²) in [5.41, 5.74) is 1.35. The summed E-state index contributed by atoms with van der Waals surface area (Å²) in [5, 5.41) is 3.81. The van der Waals surface area contributed by atoms with Crippen LogP contribution in [0.15, 0.2) is 57.9 Å². The van der Waals surface area contributed by atoms with Crippen LogP contribution in [0.25, 0.3) is 11.4 Å². The van der Waals surface area contributed by atoms with Gasteiger partial charge in [-0.25, -0.2) is 4.39 Å². The van der Waals surface area contributed by atoms with Crippen LogP contribution in [-0.4, -0.2) is 34.8 Å².